The summed E-state index contributed by atoms with van der Waals surface area (Å²) in [6, 6.07) is 24.4. The Bertz CT molecular complexity index is 1480. The molecule has 1 aliphatic rings. The van der Waals surface area contributed by atoms with Gasteiger partial charge in [-0.1, -0.05) is 41.7 Å². The Hall–Kier alpha value is -3.68. The van der Waals surface area contributed by atoms with Crippen molar-refractivity contribution in [3.63, 3.8) is 0 Å². The largest absolute Gasteiger partial charge is 0.497 e. The lowest BCUT2D eigenvalue weighted by Crippen LogP contribution is -2.48. The highest BCUT2D eigenvalue weighted by atomic mass is 32.1. The molecule has 1 saturated heterocycles. The lowest BCUT2D eigenvalue weighted by molar-refractivity contribution is 0.0628. The quantitative estimate of drug-likeness (QED) is 0.346. The fourth-order valence-electron chi connectivity index (χ4n) is 4.67. The number of carbonyl (C=O) groups excluding carboxylic acids is 1. The van der Waals surface area contributed by atoms with Gasteiger partial charge in [-0.15, -0.1) is 0 Å². The zero-order chi connectivity index (χ0) is 23.8. The number of ether oxygens (including phenoxy) is 1. The van der Waals surface area contributed by atoms with E-state index in [1.54, 1.807) is 18.4 Å². The maximum atomic E-state index is 13.2. The van der Waals surface area contributed by atoms with E-state index >= 15 is 0 Å². The van der Waals surface area contributed by atoms with Gasteiger partial charge in [-0.25, -0.2) is 4.98 Å². The van der Waals surface area contributed by atoms with Gasteiger partial charge in [0.2, 0.25) is 0 Å². The Kier molecular flexibility index (Phi) is 5.72. The standard InChI is InChI=1S/C28H26N4O2S/c1-34-23-10-7-21(8-11-23)24-19-32-25-12-9-22(17-26(25)35-28(32)29-24)27(33)31-15-13-30(14-16-31)18-20-5-3-2-4-6-20/h2-12,17,19H,13-16,18H2,1H3. The van der Waals surface area contributed by atoms with Crippen molar-refractivity contribution < 1.29 is 9.53 Å². The molecule has 0 spiro atoms. The van der Waals surface area contributed by atoms with Crippen LogP contribution in [-0.2, 0) is 6.54 Å². The molecular formula is C28H26N4O2S. The van der Waals surface area contributed by atoms with Crippen LogP contribution in [0.5, 0.6) is 5.75 Å². The fraction of sp³-hybridized carbons (Fsp3) is 0.214. The monoisotopic (exact) mass is 482 g/mol. The van der Waals surface area contributed by atoms with Crippen molar-refractivity contribution in [2.24, 2.45) is 0 Å². The third kappa shape index (κ3) is 4.29. The second-order valence-electron chi connectivity index (χ2n) is 8.85. The van der Waals surface area contributed by atoms with Gasteiger partial charge in [-0.2, -0.15) is 0 Å². The summed E-state index contributed by atoms with van der Waals surface area (Å²) in [4.78, 5) is 23.4. The lowest BCUT2D eigenvalue weighted by Gasteiger charge is -2.34. The number of methoxy groups -OCH3 is 1. The van der Waals surface area contributed by atoms with Crippen molar-refractivity contribution in [1.29, 1.82) is 0 Å². The third-order valence-electron chi connectivity index (χ3n) is 6.64. The van der Waals surface area contributed by atoms with Gasteiger partial charge in [-0.05, 0) is 48.0 Å². The molecule has 176 valence electrons. The highest BCUT2D eigenvalue weighted by molar-refractivity contribution is 7.23. The number of hydrogen-bond donors (Lipinski definition) is 0. The highest BCUT2D eigenvalue weighted by Crippen LogP contribution is 2.31. The average molecular weight is 483 g/mol. The third-order valence-corrected chi connectivity index (χ3v) is 7.65. The minimum Gasteiger partial charge on any atom is -0.497 e. The minimum absolute atomic E-state index is 0.108. The Balaban J connectivity index is 1.17. The number of nitrogens with zero attached hydrogens (tertiary/aromatic N) is 4. The summed E-state index contributed by atoms with van der Waals surface area (Å²) in [6.07, 6.45) is 2.06. The van der Waals surface area contributed by atoms with E-state index in [4.69, 9.17) is 9.72 Å². The Labute approximate surface area is 208 Å². The summed E-state index contributed by atoms with van der Waals surface area (Å²) in [5.74, 6) is 0.936. The molecule has 0 radical (unpaired) electrons. The van der Waals surface area contributed by atoms with Gasteiger partial charge >= 0.3 is 0 Å². The summed E-state index contributed by atoms with van der Waals surface area (Å²) >= 11 is 1.61. The maximum absolute atomic E-state index is 13.2. The number of piperazine rings is 1. The van der Waals surface area contributed by atoms with Gasteiger partial charge in [0.25, 0.3) is 5.91 Å². The van der Waals surface area contributed by atoms with Gasteiger partial charge in [0.05, 0.1) is 23.0 Å². The molecule has 1 amide bonds. The van der Waals surface area contributed by atoms with Gasteiger partial charge in [-0.3, -0.25) is 14.1 Å². The summed E-state index contributed by atoms with van der Waals surface area (Å²) in [7, 11) is 1.67. The lowest BCUT2D eigenvalue weighted by atomic mass is 10.1. The van der Waals surface area contributed by atoms with E-state index in [9.17, 15) is 4.79 Å². The molecule has 0 bridgehead atoms. The Morgan fingerprint density at radius 1 is 0.971 bits per heavy atom. The van der Waals surface area contributed by atoms with E-state index in [0.29, 0.717) is 0 Å². The average Bonchev–Trinajstić information content (AvgIpc) is 3.47. The van der Waals surface area contributed by atoms with Crippen LogP contribution in [0.1, 0.15) is 15.9 Å². The van der Waals surface area contributed by atoms with Crippen LogP contribution in [0.3, 0.4) is 0 Å². The van der Waals surface area contributed by atoms with E-state index in [1.807, 2.05) is 53.4 Å². The van der Waals surface area contributed by atoms with Crippen molar-refractivity contribution in [2.75, 3.05) is 33.3 Å². The van der Waals surface area contributed by atoms with Gasteiger partial charge < -0.3 is 9.64 Å². The predicted molar refractivity (Wildman–Crippen MR) is 140 cm³/mol. The predicted octanol–water partition coefficient (Wildman–Crippen LogP) is 5.18. The van der Waals surface area contributed by atoms with Crippen molar-refractivity contribution in [2.45, 2.75) is 6.54 Å². The van der Waals surface area contributed by atoms with Crippen molar-refractivity contribution in [3.8, 4) is 17.0 Å². The number of carbonyl (C=O) groups is 1. The summed E-state index contributed by atoms with van der Waals surface area (Å²) in [5, 5.41) is 0. The number of hydrogen-bond acceptors (Lipinski definition) is 5. The van der Waals surface area contributed by atoms with Crippen molar-refractivity contribution in [1.82, 2.24) is 19.2 Å². The van der Waals surface area contributed by atoms with Crippen LogP contribution in [0.25, 0.3) is 26.4 Å². The number of amides is 1. The van der Waals surface area contributed by atoms with Crippen LogP contribution in [0.4, 0.5) is 0 Å². The molecule has 6 nitrogen and oxygen atoms in total. The van der Waals surface area contributed by atoms with Crippen LogP contribution in [0.15, 0.2) is 79.0 Å². The van der Waals surface area contributed by atoms with Crippen molar-refractivity contribution in [3.05, 3.63) is 90.1 Å². The molecule has 5 aromatic rings. The van der Waals surface area contributed by atoms with Crippen LogP contribution < -0.4 is 4.74 Å². The fourth-order valence-corrected chi connectivity index (χ4v) is 5.72. The molecule has 0 aliphatic carbocycles. The first-order valence-corrected chi connectivity index (χ1v) is 12.6. The van der Waals surface area contributed by atoms with E-state index in [2.05, 4.69) is 39.8 Å². The molecule has 1 fully saturated rings. The normalized spacial score (nSPS) is 14.6. The number of imidazole rings is 1. The first-order chi connectivity index (χ1) is 17.2. The van der Waals surface area contributed by atoms with Crippen LogP contribution in [-0.4, -0.2) is 58.4 Å². The molecule has 35 heavy (non-hydrogen) atoms. The molecule has 6 rings (SSSR count). The second kappa shape index (κ2) is 9.17. The molecule has 1 aliphatic heterocycles. The number of rotatable bonds is 5. The number of benzene rings is 3. The molecule has 0 N–H and O–H groups in total. The number of aromatic nitrogens is 2. The topological polar surface area (TPSA) is 50.1 Å². The van der Waals surface area contributed by atoms with Crippen LogP contribution in [0, 0.1) is 0 Å². The minimum atomic E-state index is 0.108. The first-order valence-electron chi connectivity index (χ1n) is 11.8. The molecule has 0 atom stereocenters. The van der Waals surface area contributed by atoms with E-state index in [-0.39, 0.29) is 5.91 Å². The zero-order valence-corrected chi connectivity index (χ0v) is 20.4. The smallest absolute Gasteiger partial charge is 0.253 e. The van der Waals surface area contributed by atoms with Crippen LogP contribution in [0.2, 0.25) is 0 Å². The molecular weight excluding hydrogens is 456 g/mol. The molecule has 7 heteroatoms. The van der Waals surface area contributed by atoms with Gasteiger partial charge in [0.15, 0.2) is 4.96 Å². The molecule has 0 saturated carbocycles. The molecule has 3 heterocycles. The highest BCUT2D eigenvalue weighted by Gasteiger charge is 2.23. The van der Waals surface area contributed by atoms with Gasteiger partial charge in [0.1, 0.15) is 5.75 Å². The second-order valence-corrected chi connectivity index (χ2v) is 9.85. The maximum Gasteiger partial charge on any atom is 0.253 e. The first kappa shape index (κ1) is 21.8. The molecule has 2 aromatic heterocycles. The SMILES string of the molecule is COc1ccc(-c2cn3c(n2)sc2cc(C(=O)N4CCN(Cc5ccccc5)CC4)ccc23)cc1. The summed E-state index contributed by atoms with van der Waals surface area (Å²) in [5.41, 5.74) is 5.10. The van der Waals surface area contributed by atoms with Gasteiger partial charge in [0, 0.05) is 50.0 Å². The molecule has 3 aromatic carbocycles. The van der Waals surface area contributed by atoms with Crippen LogP contribution >= 0.6 is 11.3 Å². The van der Waals surface area contributed by atoms with E-state index < -0.39 is 0 Å². The van der Waals surface area contributed by atoms with E-state index in [1.165, 1.54) is 5.56 Å². The summed E-state index contributed by atoms with van der Waals surface area (Å²) in [6.45, 7) is 4.22. The Morgan fingerprint density at radius 3 is 2.49 bits per heavy atom. The molecule has 0 unspecified atom stereocenters. The van der Waals surface area contributed by atoms with E-state index in [0.717, 1.165) is 70.5 Å². The zero-order valence-electron chi connectivity index (χ0n) is 19.6. The summed E-state index contributed by atoms with van der Waals surface area (Å²) < 4.78 is 8.43. The Morgan fingerprint density at radius 2 is 1.74 bits per heavy atom. The van der Waals surface area contributed by atoms with Crippen molar-refractivity contribution >= 4 is 32.4 Å². The number of thiazole rings is 1. The number of fused-ring (bicyclic) bond motifs is 3.